The van der Waals surface area contributed by atoms with Crippen molar-refractivity contribution in [2.45, 2.75) is 24.3 Å². The fraction of sp³-hybridized carbons (Fsp3) is 0.316. The average molecular weight is 410 g/mol. The molecule has 0 aromatic heterocycles. The molecule has 1 atom stereocenters. The first-order chi connectivity index (χ1) is 12.4. The molecule has 0 spiro atoms. The third kappa shape index (κ3) is 5.00. The summed E-state index contributed by atoms with van der Waals surface area (Å²) in [5, 5.41) is 3.23. The van der Waals surface area contributed by atoms with Crippen molar-refractivity contribution in [2.24, 2.45) is 0 Å². The van der Waals surface area contributed by atoms with Gasteiger partial charge < -0.3 is 10.2 Å². The summed E-state index contributed by atoms with van der Waals surface area (Å²) >= 11 is 0. The lowest BCUT2D eigenvalue weighted by molar-refractivity contribution is 0.0743. The summed E-state index contributed by atoms with van der Waals surface area (Å²) in [5.74, 6) is -0.175. The molecule has 27 heavy (non-hydrogen) atoms. The van der Waals surface area contributed by atoms with Crippen molar-refractivity contribution in [1.82, 2.24) is 10.2 Å². The molecule has 8 heteroatoms. The summed E-state index contributed by atoms with van der Waals surface area (Å²) in [6, 6.07) is 13.4. The number of carbonyl (C=O) groups is 1. The van der Waals surface area contributed by atoms with Crippen LogP contribution in [0.4, 0.5) is 5.69 Å². The molecule has 0 bridgehead atoms. The van der Waals surface area contributed by atoms with Gasteiger partial charge in [0.2, 0.25) is 0 Å². The highest BCUT2D eigenvalue weighted by atomic mass is 35.5. The van der Waals surface area contributed by atoms with Crippen LogP contribution in [0.15, 0.2) is 53.4 Å². The van der Waals surface area contributed by atoms with Gasteiger partial charge in [-0.3, -0.25) is 9.52 Å². The molecule has 1 amide bonds. The van der Waals surface area contributed by atoms with Crippen LogP contribution >= 0.6 is 12.4 Å². The van der Waals surface area contributed by atoms with Crippen LogP contribution in [0.1, 0.15) is 22.3 Å². The lowest BCUT2D eigenvalue weighted by atomic mass is 10.1. The molecule has 1 fully saturated rings. The zero-order valence-electron chi connectivity index (χ0n) is 15.3. The second kappa shape index (κ2) is 8.73. The van der Waals surface area contributed by atoms with Gasteiger partial charge in [-0.15, -0.1) is 12.4 Å². The number of halogens is 1. The number of nitrogens with zero attached hydrogens (tertiary/aromatic N) is 1. The van der Waals surface area contributed by atoms with Gasteiger partial charge in [-0.1, -0.05) is 23.8 Å². The third-order valence-electron chi connectivity index (χ3n) is 4.60. The Labute approximate surface area is 166 Å². The van der Waals surface area contributed by atoms with E-state index in [1.54, 1.807) is 36.2 Å². The number of amides is 1. The van der Waals surface area contributed by atoms with Gasteiger partial charge in [0.25, 0.3) is 15.9 Å². The van der Waals surface area contributed by atoms with E-state index in [-0.39, 0.29) is 29.3 Å². The highest BCUT2D eigenvalue weighted by Crippen LogP contribution is 2.19. The maximum Gasteiger partial charge on any atom is 0.261 e. The predicted octanol–water partition coefficient (Wildman–Crippen LogP) is 2.65. The van der Waals surface area contributed by atoms with Gasteiger partial charge in [0.05, 0.1) is 4.90 Å². The van der Waals surface area contributed by atoms with Crippen molar-refractivity contribution in [3.05, 3.63) is 59.7 Å². The van der Waals surface area contributed by atoms with Crippen molar-refractivity contribution in [1.29, 1.82) is 0 Å². The summed E-state index contributed by atoms with van der Waals surface area (Å²) < 4.78 is 27.8. The van der Waals surface area contributed by atoms with E-state index < -0.39 is 10.0 Å². The summed E-state index contributed by atoms with van der Waals surface area (Å²) in [6.07, 6.45) is 0.898. The minimum absolute atomic E-state index is 0. The monoisotopic (exact) mass is 409 g/mol. The Hall–Kier alpha value is -2.09. The van der Waals surface area contributed by atoms with E-state index in [1.165, 1.54) is 12.1 Å². The van der Waals surface area contributed by atoms with Gasteiger partial charge in [-0.25, -0.2) is 8.42 Å². The van der Waals surface area contributed by atoms with E-state index in [1.807, 2.05) is 19.1 Å². The topological polar surface area (TPSA) is 78.5 Å². The normalized spacial score (nSPS) is 16.4. The van der Waals surface area contributed by atoms with Gasteiger partial charge in [-0.2, -0.15) is 0 Å². The summed E-state index contributed by atoms with van der Waals surface area (Å²) in [6.45, 7) is 3.58. The highest BCUT2D eigenvalue weighted by Gasteiger charge is 2.25. The standard InChI is InChI=1S/C19H23N3O3S.ClH/c1-14-6-8-16(9-7-14)21-26(24,25)18-5-3-4-15(12-18)19(23)22(2)17-10-11-20-13-17;/h3-9,12,17,20-21H,10-11,13H2,1-2H3;1H. The summed E-state index contributed by atoms with van der Waals surface area (Å²) in [5.41, 5.74) is 1.90. The number of rotatable bonds is 5. The molecule has 1 saturated heterocycles. The second-order valence-corrected chi connectivity index (χ2v) is 8.24. The molecule has 2 N–H and O–H groups in total. The number of likely N-dealkylation sites (N-methyl/N-ethyl adjacent to an activating group) is 1. The van der Waals surface area contributed by atoms with Gasteiger partial charge in [0.15, 0.2) is 0 Å². The molecule has 146 valence electrons. The zero-order valence-corrected chi connectivity index (χ0v) is 16.9. The third-order valence-corrected chi connectivity index (χ3v) is 5.98. The Kier molecular flexibility index (Phi) is 6.86. The van der Waals surface area contributed by atoms with Crippen LogP contribution in [0.25, 0.3) is 0 Å². The molecule has 1 aliphatic rings. The van der Waals surface area contributed by atoms with Crippen LogP contribution in [0, 0.1) is 6.92 Å². The van der Waals surface area contributed by atoms with Crippen molar-refractivity contribution in [3.8, 4) is 0 Å². The highest BCUT2D eigenvalue weighted by molar-refractivity contribution is 7.92. The van der Waals surface area contributed by atoms with Crippen molar-refractivity contribution in [3.63, 3.8) is 0 Å². The molecule has 1 unspecified atom stereocenters. The number of hydrogen-bond donors (Lipinski definition) is 2. The number of sulfonamides is 1. The number of aryl methyl sites for hydroxylation is 1. The average Bonchev–Trinajstić information content (AvgIpc) is 3.17. The molecule has 1 aliphatic heterocycles. The lowest BCUT2D eigenvalue weighted by Crippen LogP contribution is -2.38. The SMILES string of the molecule is Cc1ccc(NS(=O)(=O)c2cccc(C(=O)N(C)C3CCNC3)c2)cc1.Cl. The molecular formula is C19H24ClN3O3S. The molecule has 0 saturated carbocycles. The molecule has 0 aliphatic carbocycles. The van der Waals surface area contributed by atoms with Gasteiger partial charge in [0.1, 0.15) is 0 Å². The van der Waals surface area contributed by atoms with E-state index in [0.29, 0.717) is 11.3 Å². The number of benzene rings is 2. The Balaban J connectivity index is 0.00000261. The molecule has 0 radical (unpaired) electrons. The molecule has 6 nitrogen and oxygen atoms in total. The fourth-order valence-electron chi connectivity index (χ4n) is 2.97. The molecule has 1 heterocycles. The lowest BCUT2D eigenvalue weighted by Gasteiger charge is -2.24. The molecular weight excluding hydrogens is 386 g/mol. The quantitative estimate of drug-likeness (QED) is 0.795. The van der Waals surface area contributed by atoms with Gasteiger partial charge in [0, 0.05) is 30.9 Å². The predicted molar refractivity (Wildman–Crippen MR) is 109 cm³/mol. The van der Waals surface area contributed by atoms with Crippen LogP contribution in [0.2, 0.25) is 0 Å². The van der Waals surface area contributed by atoms with E-state index in [4.69, 9.17) is 0 Å². The van der Waals surface area contributed by atoms with E-state index in [0.717, 1.165) is 25.1 Å². The van der Waals surface area contributed by atoms with Crippen molar-refractivity contribution >= 4 is 34.0 Å². The Bertz CT molecular complexity index is 895. The Morgan fingerprint density at radius 1 is 1.19 bits per heavy atom. The van der Waals surface area contributed by atoms with Crippen LogP contribution in [-0.2, 0) is 10.0 Å². The molecule has 3 rings (SSSR count). The van der Waals surface area contributed by atoms with Crippen LogP contribution in [0.5, 0.6) is 0 Å². The molecule has 2 aromatic carbocycles. The first-order valence-electron chi connectivity index (χ1n) is 8.54. The van der Waals surface area contributed by atoms with Gasteiger partial charge >= 0.3 is 0 Å². The first kappa shape index (κ1) is 21.2. The maximum absolute atomic E-state index is 12.7. The summed E-state index contributed by atoms with van der Waals surface area (Å²) in [4.78, 5) is 14.4. The largest absolute Gasteiger partial charge is 0.337 e. The minimum atomic E-state index is -3.76. The fourth-order valence-corrected chi connectivity index (χ4v) is 4.08. The number of anilines is 1. The molecule has 2 aromatic rings. The Morgan fingerprint density at radius 2 is 1.89 bits per heavy atom. The maximum atomic E-state index is 12.7. The Morgan fingerprint density at radius 3 is 2.52 bits per heavy atom. The minimum Gasteiger partial charge on any atom is -0.337 e. The number of hydrogen-bond acceptors (Lipinski definition) is 4. The number of nitrogens with one attached hydrogen (secondary N) is 2. The van der Waals surface area contributed by atoms with Crippen LogP contribution in [0.3, 0.4) is 0 Å². The van der Waals surface area contributed by atoms with Crippen LogP contribution in [-0.4, -0.2) is 45.4 Å². The van der Waals surface area contributed by atoms with E-state index in [9.17, 15) is 13.2 Å². The van der Waals surface area contributed by atoms with Crippen molar-refractivity contribution < 1.29 is 13.2 Å². The smallest absolute Gasteiger partial charge is 0.261 e. The van der Waals surface area contributed by atoms with Gasteiger partial charge in [-0.05, 0) is 50.2 Å². The van der Waals surface area contributed by atoms with Crippen molar-refractivity contribution in [2.75, 3.05) is 24.9 Å². The van der Waals surface area contributed by atoms with E-state index in [2.05, 4.69) is 10.0 Å². The second-order valence-electron chi connectivity index (χ2n) is 6.56. The summed E-state index contributed by atoms with van der Waals surface area (Å²) in [7, 11) is -2.00. The first-order valence-corrected chi connectivity index (χ1v) is 10.0. The number of carbonyl (C=O) groups excluding carboxylic acids is 1. The van der Waals surface area contributed by atoms with E-state index >= 15 is 0 Å². The zero-order chi connectivity index (χ0) is 18.7. The van der Waals surface area contributed by atoms with Crippen LogP contribution < -0.4 is 10.0 Å².